The molecule has 0 saturated carbocycles. The zero-order valence-corrected chi connectivity index (χ0v) is 8.20. The second-order valence-electron chi connectivity index (χ2n) is 3.57. The Bertz CT molecular complexity index is 278. The van der Waals surface area contributed by atoms with E-state index >= 15 is 0 Å². The standard InChI is InChI=1S/C9H13NOS/c1-7-8(3-4-12-7)10-9(2)5-11-6-9/h3-4,10H,5-6H2,1-2H3. The monoisotopic (exact) mass is 183 g/mol. The van der Waals surface area contributed by atoms with Crippen LogP contribution in [0, 0.1) is 6.92 Å². The minimum Gasteiger partial charge on any atom is -0.376 e. The van der Waals surface area contributed by atoms with E-state index in [1.807, 2.05) is 0 Å². The Hall–Kier alpha value is -0.540. The van der Waals surface area contributed by atoms with Gasteiger partial charge in [-0.2, -0.15) is 0 Å². The Morgan fingerprint density at radius 2 is 2.33 bits per heavy atom. The second kappa shape index (κ2) is 2.75. The van der Waals surface area contributed by atoms with Crippen molar-refractivity contribution in [2.75, 3.05) is 18.5 Å². The predicted octanol–water partition coefficient (Wildman–Crippen LogP) is 2.26. The van der Waals surface area contributed by atoms with Crippen molar-refractivity contribution < 1.29 is 4.74 Å². The van der Waals surface area contributed by atoms with Crippen LogP contribution in [0.4, 0.5) is 5.69 Å². The molecule has 0 aromatic carbocycles. The van der Waals surface area contributed by atoms with Crippen molar-refractivity contribution in [3.8, 4) is 0 Å². The van der Waals surface area contributed by atoms with Crippen LogP contribution in [0.5, 0.6) is 0 Å². The Morgan fingerprint density at radius 3 is 2.75 bits per heavy atom. The fourth-order valence-corrected chi connectivity index (χ4v) is 1.97. The average molecular weight is 183 g/mol. The Labute approximate surface area is 76.6 Å². The molecule has 0 spiro atoms. The molecular weight excluding hydrogens is 170 g/mol. The minimum absolute atomic E-state index is 0.172. The first kappa shape index (κ1) is 8.08. The van der Waals surface area contributed by atoms with E-state index in [1.54, 1.807) is 11.3 Å². The first-order valence-corrected chi connectivity index (χ1v) is 4.98. The molecule has 0 aliphatic carbocycles. The van der Waals surface area contributed by atoms with Gasteiger partial charge in [0.05, 0.1) is 18.8 Å². The van der Waals surface area contributed by atoms with Gasteiger partial charge in [0.25, 0.3) is 0 Å². The van der Waals surface area contributed by atoms with Crippen LogP contribution >= 0.6 is 11.3 Å². The van der Waals surface area contributed by atoms with E-state index in [4.69, 9.17) is 4.74 Å². The highest BCUT2D eigenvalue weighted by Crippen LogP contribution is 2.27. The van der Waals surface area contributed by atoms with Crippen molar-refractivity contribution >= 4 is 17.0 Å². The third kappa shape index (κ3) is 1.34. The number of rotatable bonds is 2. The number of anilines is 1. The largest absolute Gasteiger partial charge is 0.376 e. The summed E-state index contributed by atoms with van der Waals surface area (Å²) in [6, 6.07) is 2.13. The molecular formula is C9H13NOS. The van der Waals surface area contributed by atoms with Crippen LogP contribution in [-0.2, 0) is 4.74 Å². The molecule has 1 fully saturated rings. The van der Waals surface area contributed by atoms with Crippen LogP contribution < -0.4 is 5.32 Å². The van der Waals surface area contributed by atoms with Gasteiger partial charge in [-0.3, -0.25) is 0 Å². The summed E-state index contributed by atoms with van der Waals surface area (Å²) in [6.07, 6.45) is 0. The molecule has 1 aliphatic rings. The van der Waals surface area contributed by atoms with Gasteiger partial charge in [-0.25, -0.2) is 0 Å². The third-order valence-corrected chi connectivity index (χ3v) is 2.98. The van der Waals surface area contributed by atoms with E-state index in [0.717, 1.165) is 13.2 Å². The maximum absolute atomic E-state index is 5.17. The first-order chi connectivity index (χ1) is 5.70. The molecule has 2 rings (SSSR count). The molecule has 1 aromatic heterocycles. The number of hydrogen-bond acceptors (Lipinski definition) is 3. The van der Waals surface area contributed by atoms with Gasteiger partial charge in [-0.05, 0) is 25.3 Å². The van der Waals surface area contributed by atoms with Crippen LogP contribution in [0.15, 0.2) is 11.4 Å². The third-order valence-electron chi connectivity index (χ3n) is 2.14. The first-order valence-electron chi connectivity index (χ1n) is 4.10. The summed E-state index contributed by atoms with van der Waals surface area (Å²) in [5.74, 6) is 0. The summed E-state index contributed by atoms with van der Waals surface area (Å²) in [5, 5.41) is 5.60. The molecule has 1 N–H and O–H groups in total. The van der Waals surface area contributed by atoms with Crippen LogP contribution in [-0.4, -0.2) is 18.8 Å². The second-order valence-corrected chi connectivity index (χ2v) is 4.69. The molecule has 3 heteroatoms. The normalized spacial score (nSPS) is 20.2. The highest BCUT2D eigenvalue weighted by molar-refractivity contribution is 7.10. The van der Waals surface area contributed by atoms with E-state index in [2.05, 4.69) is 30.6 Å². The molecule has 1 aliphatic heterocycles. The molecule has 2 nitrogen and oxygen atoms in total. The molecule has 0 bridgehead atoms. The smallest absolute Gasteiger partial charge is 0.0812 e. The lowest BCUT2D eigenvalue weighted by Crippen LogP contribution is -2.53. The van der Waals surface area contributed by atoms with E-state index in [-0.39, 0.29) is 5.54 Å². The van der Waals surface area contributed by atoms with Crippen molar-refractivity contribution in [1.82, 2.24) is 0 Å². The van der Waals surface area contributed by atoms with Crippen molar-refractivity contribution in [2.24, 2.45) is 0 Å². The van der Waals surface area contributed by atoms with Crippen LogP contribution in [0.3, 0.4) is 0 Å². The summed E-state index contributed by atoms with van der Waals surface area (Å²) in [7, 11) is 0. The molecule has 0 radical (unpaired) electrons. The summed E-state index contributed by atoms with van der Waals surface area (Å²) >= 11 is 1.78. The minimum atomic E-state index is 0.172. The SMILES string of the molecule is Cc1sccc1NC1(C)COC1. The van der Waals surface area contributed by atoms with E-state index in [9.17, 15) is 0 Å². The average Bonchev–Trinajstić information content (AvgIpc) is 2.34. The molecule has 12 heavy (non-hydrogen) atoms. The van der Waals surface area contributed by atoms with Gasteiger partial charge >= 0.3 is 0 Å². The van der Waals surface area contributed by atoms with Crippen LogP contribution in [0.25, 0.3) is 0 Å². The van der Waals surface area contributed by atoms with Crippen LogP contribution in [0.2, 0.25) is 0 Å². The zero-order valence-electron chi connectivity index (χ0n) is 7.39. The van der Waals surface area contributed by atoms with E-state index in [1.165, 1.54) is 10.6 Å². The molecule has 1 aromatic rings. The predicted molar refractivity (Wildman–Crippen MR) is 51.9 cm³/mol. The Kier molecular flexibility index (Phi) is 1.85. The number of thiophene rings is 1. The summed E-state index contributed by atoms with van der Waals surface area (Å²) in [6.45, 7) is 5.97. The molecule has 0 atom stereocenters. The van der Waals surface area contributed by atoms with E-state index in [0.29, 0.717) is 0 Å². The van der Waals surface area contributed by atoms with Crippen molar-refractivity contribution in [1.29, 1.82) is 0 Å². The quantitative estimate of drug-likeness (QED) is 0.759. The lowest BCUT2D eigenvalue weighted by Gasteiger charge is -2.39. The molecule has 66 valence electrons. The van der Waals surface area contributed by atoms with Crippen molar-refractivity contribution in [2.45, 2.75) is 19.4 Å². The lowest BCUT2D eigenvalue weighted by atomic mass is 10.0. The summed E-state index contributed by atoms with van der Waals surface area (Å²) in [5.41, 5.74) is 1.43. The number of nitrogens with one attached hydrogen (secondary N) is 1. The topological polar surface area (TPSA) is 21.3 Å². The van der Waals surface area contributed by atoms with Gasteiger partial charge < -0.3 is 10.1 Å². The molecule has 0 amide bonds. The number of hydrogen-bond donors (Lipinski definition) is 1. The highest BCUT2D eigenvalue weighted by Gasteiger charge is 2.33. The van der Waals surface area contributed by atoms with Crippen LogP contribution in [0.1, 0.15) is 11.8 Å². The van der Waals surface area contributed by atoms with E-state index < -0.39 is 0 Å². The van der Waals surface area contributed by atoms with Gasteiger partial charge in [0.2, 0.25) is 0 Å². The molecule has 0 unspecified atom stereocenters. The maximum Gasteiger partial charge on any atom is 0.0812 e. The molecule has 1 saturated heterocycles. The number of aryl methyl sites for hydroxylation is 1. The molecule has 2 heterocycles. The van der Waals surface area contributed by atoms with Crippen molar-refractivity contribution in [3.63, 3.8) is 0 Å². The number of ether oxygens (including phenoxy) is 1. The van der Waals surface area contributed by atoms with Crippen molar-refractivity contribution in [3.05, 3.63) is 16.3 Å². The van der Waals surface area contributed by atoms with Gasteiger partial charge in [0.15, 0.2) is 0 Å². The lowest BCUT2D eigenvalue weighted by molar-refractivity contribution is -0.0318. The fourth-order valence-electron chi connectivity index (χ4n) is 1.32. The Balaban J connectivity index is 2.08. The Morgan fingerprint density at radius 1 is 1.58 bits per heavy atom. The fraction of sp³-hybridized carbons (Fsp3) is 0.556. The van der Waals surface area contributed by atoms with Gasteiger partial charge in [-0.1, -0.05) is 0 Å². The van der Waals surface area contributed by atoms with Gasteiger partial charge in [0.1, 0.15) is 0 Å². The summed E-state index contributed by atoms with van der Waals surface area (Å²) < 4.78 is 5.17. The van der Waals surface area contributed by atoms with Gasteiger partial charge in [-0.15, -0.1) is 11.3 Å². The highest BCUT2D eigenvalue weighted by atomic mass is 32.1. The zero-order chi connectivity index (χ0) is 8.60. The summed E-state index contributed by atoms with van der Waals surface area (Å²) in [4.78, 5) is 1.35. The maximum atomic E-state index is 5.17. The van der Waals surface area contributed by atoms with Gasteiger partial charge in [0, 0.05) is 10.6 Å².